The van der Waals surface area contributed by atoms with Crippen molar-refractivity contribution in [3.63, 3.8) is 0 Å². The standard InChI is InChI=1S/C20H21NO6S/c1-26-19(22)16-7-4-6-15(12-16)14-27-20(23)17-8-5-9-18(13-17)28(24,25)21-10-2-3-11-21/h4-9,12-13H,2-3,10-11,14H2,1H3. The van der Waals surface area contributed by atoms with Crippen LogP contribution in [0.5, 0.6) is 0 Å². The van der Waals surface area contributed by atoms with Crippen LogP contribution in [0.2, 0.25) is 0 Å². The first-order valence-corrected chi connectivity index (χ1v) is 10.3. The lowest BCUT2D eigenvalue weighted by Crippen LogP contribution is -2.28. The Kier molecular flexibility index (Phi) is 6.11. The van der Waals surface area contributed by atoms with Crippen LogP contribution in [0.3, 0.4) is 0 Å². The van der Waals surface area contributed by atoms with E-state index in [1.54, 1.807) is 24.3 Å². The summed E-state index contributed by atoms with van der Waals surface area (Å²) in [6.45, 7) is 0.938. The van der Waals surface area contributed by atoms with Crippen LogP contribution in [0.4, 0.5) is 0 Å². The average molecular weight is 403 g/mol. The minimum atomic E-state index is -3.61. The largest absolute Gasteiger partial charge is 0.465 e. The van der Waals surface area contributed by atoms with E-state index < -0.39 is 22.0 Å². The second kappa shape index (κ2) is 8.53. The number of sulfonamides is 1. The normalized spacial score (nSPS) is 14.6. The molecule has 1 heterocycles. The fourth-order valence-electron chi connectivity index (χ4n) is 3.00. The molecule has 2 aromatic rings. The number of nitrogens with zero attached hydrogens (tertiary/aromatic N) is 1. The van der Waals surface area contributed by atoms with E-state index in [1.807, 2.05) is 0 Å². The molecular formula is C20H21NO6S. The summed E-state index contributed by atoms with van der Waals surface area (Å²) >= 11 is 0. The van der Waals surface area contributed by atoms with Crippen molar-refractivity contribution < 1.29 is 27.5 Å². The van der Waals surface area contributed by atoms with Crippen LogP contribution in [0.1, 0.15) is 39.1 Å². The highest BCUT2D eigenvalue weighted by Crippen LogP contribution is 2.22. The van der Waals surface area contributed by atoms with Gasteiger partial charge in [0.15, 0.2) is 0 Å². The maximum Gasteiger partial charge on any atom is 0.338 e. The maximum absolute atomic E-state index is 12.6. The second-order valence-electron chi connectivity index (χ2n) is 6.41. The SMILES string of the molecule is COC(=O)c1cccc(COC(=O)c2cccc(S(=O)(=O)N3CCCC3)c2)c1. The number of hydrogen-bond acceptors (Lipinski definition) is 6. The van der Waals surface area contributed by atoms with Gasteiger partial charge in [-0.25, -0.2) is 18.0 Å². The van der Waals surface area contributed by atoms with E-state index in [9.17, 15) is 18.0 Å². The maximum atomic E-state index is 12.6. The van der Waals surface area contributed by atoms with Gasteiger partial charge in [-0.15, -0.1) is 0 Å². The van der Waals surface area contributed by atoms with Gasteiger partial charge in [-0.2, -0.15) is 4.31 Å². The van der Waals surface area contributed by atoms with E-state index in [1.165, 1.54) is 35.7 Å². The van der Waals surface area contributed by atoms with Crippen molar-refractivity contribution >= 4 is 22.0 Å². The van der Waals surface area contributed by atoms with Crippen LogP contribution in [-0.4, -0.2) is 44.9 Å². The van der Waals surface area contributed by atoms with Gasteiger partial charge < -0.3 is 9.47 Å². The molecule has 148 valence electrons. The van der Waals surface area contributed by atoms with Gasteiger partial charge in [-0.3, -0.25) is 0 Å². The van der Waals surface area contributed by atoms with Crippen LogP contribution >= 0.6 is 0 Å². The Balaban J connectivity index is 1.71. The molecule has 1 fully saturated rings. The molecule has 0 spiro atoms. The molecule has 0 unspecified atom stereocenters. The molecule has 2 aromatic carbocycles. The van der Waals surface area contributed by atoms with Gasteiger partial charge in [0.25, 0.3) is 0 Å². The van der Waals surface area contributed by atoms with Crippen molar-refractivity contribution in [2.45, 2.75) is 24.3 Å². The molecule has 0 amide bonds. The Morgan fingerprint density at radius 1 is 0.964 bits per heavy atom. The Bertz CT molecular complexity index is 980. The molecule has 8 heteroatoms. The summed E-state index contributed by atoms with van der Waals surface area (Å²) in [5.74, 6) is -1.12. The lowest BCUT2D eigenvalue weighted by molar-refractivity contribution is 0.0472. The minimum Gasteiger partial charge on any atom is -0.465 e. The van der Waals surface area contributed by atoms with Crippen molar-refractivity contribution in [1.29, 1.82) is 0 Å². The first-order valence-electron chi connectivity index (χ1n) is 8.86. The molecule has 0 aromatic heterocycles. The van der Waals surface area contributed by atoms with Gasteiger partial charge in [0.2, 0.25) is 10.0 Å². The molecular weight excluding hydrogens is 382 g/mol. The first-order chi connectivity index (χ1) is 13.4. The molecule has 1 aliphatic heterocycles. The molecule has 0 saturated carbocycles. The van der Waals surface area contributed by atoms with Crippen LogP contribution < -0.4 is 0 Å². The predicted molar refractivity (Wildman–Crippen MR) is 101 cm³/mol. The highest BCUT2D eigenvalue weighted by atomic mass is 32.2. The zero-order valence-electron chi connectivity index (χ0n) is 15.5. The van der Waals surface area contributed by atoms with E-state index in [0.29, 0.717) is 24.2 Å². The van der Waals surface area contributed by atoms with Gasteiger partial charge in [-0.05, 0) is 48.7 Å². The number of rotatable bonds is 6. The van der Waals surface area contributed by atoms with Crippen molar-refractivity contribution in [2.75, 3.05) is 20.2 Å². The first kappa shape index (κ1) is 20.0. The van der Waals surface area contributed by atoms with Crippen LogP contribution in [0.25, 0.3) is 0 Å². The second-order valence-corrected chi connectivity index (χ2v) is 8.35. The van der Waals surface area contributed by atoms with Crippen molar-refractivity contribution in [3.05, 3.63) is 65.2 Å². The smallest absolute Gasteiger partial charge is 0.338 e. The highest BCUT2D eigenvalue weighted by Gasteiger charge is 2.27. The van der Waals surface area contributed by atoms with Crippen LogP contribution in [0, 0.1) is 0 Å². The van der Waals surface area contributed by atoms with E-state index >= 15 is 0 Å². The molecule has 0 atom stereocenters. The number of carbonyl (C=O) groups is 2. The van der Waals surface area contributed by atoms with E-state index in [2.05, 4.69) is 4.74 Å². The summed E-state index contributed by atoms with van der Waals surface area (Å²) in [6.07, 6.45) is 1.68. The third-order valence-corrected chi connectivity index (χ3v) is 6.39. The molecule has 0 N–H and O–H groups in total. The summed E-state index contributed by atoms with van der Waals surface area (Å²) < 4.78 is 36.7. The van der Waals surface area contributed by atoms with Crippen LogP contribution in [-0.2, 0) is 26.1 Å². The van der Waals surface area contributed by atoms with Gasteiger partial charge in [0.05, 0.1) is 23.1 Å². The molecule has 28 heavy (non-hydrogen) atoms. The van der Waals surface area contributed by atoms with Crippen molar-refractivity contribution in [3.8, 4) is 0 Å². The molecule has 1 saturated heterocycles. The van der Waals surface area contributed by atoms with Gasteiger partial charge in [-0.1, -0.05) is 18.2 Å². The monoisotopic (exact) mass is 403 g/mol. The fourth-order valence-corrected chi connectivity index (χ4v) is 4.56. The van der Waals surface area contributed by atoms with Gasteiger partial charge >= 0.3 is 11.9 Å². The van der Waals surface area contributed by atoms with E-state index in [4.69, 9.17) is 4.74 Å². The zero-order chi connectivity index (χ0) is 20.1. The number of esters is 2. The Hall–Kier alpha value is -2.71. The molecule has 7 nitrogen and oxygen atoms in total. The van der Waals surface area contributed by atoms with E-state index in [-0.39, 0.29) is 17.1 Å². The molecule has 3 rings (SSSR count). The highest BCUT2D eigenvalue weighted by molar-refractivity contribution is 7.89. The molecule has 0 radical (unpaired) electrons. The number of benzene rings is 2. The van der Waals surface area contributed by atoms with Crippen LogP contribution in [0.15, 0.2) is 53.4 Å². The predicted octanol–water partition coefficient (Wildman–Crippen LogP) is 2.61. The summed E-state index contributed by atoms with van der Waals surface area (Å²) in [4.78, 5) is 24.0. The third kappa shape index (κ3) is 4.40. The van der Waals surface area contributed by atoms with Gasteiger partial charge in [0.1, 0.15) is 6.61 Å². The molecule has 0 aliphatic carbocycles. The zero-order valence-corrected chi connectivity index (χ0v) is 16.3. The summed E-state index contributed by atoms with van der Waals surface area (Å²) in [7, 11) is -2.32. The lowest BCUT2D eigenvalue weighted by atomic mass is 10.1. The third-order valence-electron chi connectivity index (χ3n) is 4.49. The Labute approximate surface area is 163 Å². The number of methoxy groups -OCH3 is 1. The number of ether oxygens (including phenoxy) is 2. The summed E-state index contributed by atoms with van der Waals surface area (Å²) in [6, 6.07) is 12.4. The number of hydrogen-bond donors (Lipinski definition) is 0. The lowest BCUT2D eigenvalue weighted by Gasteiger charge is -2.15. The minimum absolute atomic E-state index is 0.0488. The average Bonchev–Trinajstić information content (AvgIpc) is 3.27. The van der Waals surface area contributed by atoms with E-state index in [0.717, 1.165) is 12.8 Å². The summed E-state index contributed by atoms with van der Waals surface area (Å²) in [5.41, 5.74) is 1.14. The molecule has 0 bridgehead atoms. The molecule has 1 aliphatic rings. The van der Waals surface area contributed by atoms with Crippen molar-refractivity contribution in [2.24, 2.45) is 0 Å². The number of carbonyl (C=O) groups excluding carboxylic acids is 2. The topological polar surface area (TPSA) is 90.0 Å². The Morgan fingerprint density at radius 3 is 2.29 bits per heavy atom. The summed E-state index contributed by atoms with van der Waals surface area (Å²) in [5, 5.41) is 0. The van der Waals surface area contributed by atoms with Gasteiger partial charge in [0, 0.05) is 13.1 Å². The quantitative estimate of drug-likeness (QED) is 0.689. The fraction of sp³-hybridized carbons (Fsp3) is 0.300. The Morgan fingerprint density at radius 2 is 1.61 bits per heavy atom. The van der Waals surface area contributed by atoms with Crippen molar-refractivity contribution in [1.82, 2.24) is 4.31 Å².